The van der Waals surface area contributed by atoms with Crippen molar-refractivity contribution in [1.82, 2.24) is 20.1 Å². The summed E-state index contributed by atoms with van der Waals surface area (Å²) in [6.45, 7) is 6.79. The standard InChI is InChI=1S/C22H25N5O3/c1-14-6-7-16(12-18(14)25-20(28)17-5-3-4-15(2)24-17)22(30)27-11-10-26-9-8-23-21(29)19(26)13-27/h3-7,12,19H,8-11,13H2,1-2H3,(H,23,29)(H,25,28). The highest BCUT2D eigenvalue weighted by Gasteiger charge is 2.36. The maximum atomic E-state index is 13.1. The number of rotatable bonds is 3. The number of hydrogen-bond acceptors (Lipinski definition) is 5. The molecule has 2 N–H and O–H groups in total. The van der Waals surface area contributed by atoms with E-state index >= 15 is 0 Å². The second-order valence-corrected chi connectivity index (χ2v) is 7.74. The molecule has 2 aliphatic rings. The number of fused-ring (bicyclic) bond motifs is 1. The molecule has 8 heteroatoms. The molecular weight excluding hydrogens is 382 g/mol. The average molecular weight is 407 g/mol. The Morgan fingerprint density at radius 3 is 2.77 bits per heavy atom. The van der Waals surface area contributed by atoms with Gasteiger partial charge in [-0.3, -0.25) is 19.3 Å². The zero-order chi connectivity index (χ0) is 21.3. The van der Waals surface area contributed by atoms with E-state index in [0.29, 0.717) is 43.1 Å². The molecule has 0 saturated carbocycles. The Bertz CT molecular complexity index is 1010. The summed E-state index contributed by atoms with van der Waals surface area (Å²) in [7, 11) is 0. The maximum absolute atomic E-state index is 13.1. The third kappa shape index (κ3) is 4.04. The summed E-state index contributed by atoms with van der Waals surface area (Å²) in [5, 5.41) is 5.73. The minimum atomic E-state index is -0.320. The predicted molar refractivity (Wildman–Crippen MR) is 112 cm³/mol. The topological polar surface area (TPSA) is 94.6 Å². The van der Waals surface area contributed by atoms with Gasteiger partial charge in [-0.25, -0.2) is 4.98 Å². The number of piperazine rings is 2. The number of nitrogens with zero attached hydrogens (tertiary/aromatic N) is 3. The van der Waals surface area contributed by atoms with E-state index in [4.69, 9.17) is 0 Å². The summed E-state index contributed by atoms with van der Waals surface area (Å²) in [6, 6.07) is 10.2. The normalized spacial score (nSPS) is 19.1. The van der Waals surface area contributed by atoms with E-state index in [1.807, 2.05) is 26.0 Å². The minimum Gasteiger partial charge on any atom is -0.353 e. The highest BCUT2D eigenvalue weighted by Crippen LogP contribution is 2.21. The molecule has 2 saturated heterocycles. The third-order valence-corrected chi connectivity index (χ3v) is 5.63. The summed E-state index contributed by atoms with van der Waals surface area (Å²) in [4.78, 5) is 45.9. The molecule has 1 unspecified atom stereocenters. The predicted octanol–water partition coefficient (Wildman–Crippen LogP) is 1.21. The molecule has 156 valence electrons. The number of pyridine rings is 1. The Balaban J connectivity index is 1.50. The lowest BCUT2D eigenvalue weighted by molar-refractivity contribution is -0.131. The molecule has 0 aliphatic carbocycles. The van der Waals surface area contributed by atoms with Crippen molar-refractivity contribution in [2.24, 2.45) is 0 Å². The largest absolute Gasteiger partial charge is 0.353 e. The van der Waals surface area contributed by atoms with Crippen LogP contribution in [0.5, 0.6) is 0 Å². The molecule has 1 atom stereocenters. The van der Waals surface area contributed by atoms with E-state index in [0.717, 1.165) is 17.8 Å². The van der Waals surface area contributed by atoms with E-state index in [9.17, 15) is 14.4 Å². The highest BCUT2D eigenvalue weighted by atomic mass is 16.2. The van der Waals surface area contributed by atoms with Crippen molar-refractivity contribution in [3.05, 3.63) is 58.9 Å². The summed E-state index contributed by atoms with van der Waals surface area (Å²) in [5.41, 5.74) is 2.99. The molecule has 1 aromatic heterocycles. The van der Waals surface area contributed by atoms with Gasteiger partial charge in [0.15, 0.2) is 0 Å². The number of benzene rings is 1. The van der Waals surface area contributed by atoms with Crippen molar-refractivity contribution in [1.29, 1.82) is 0 Å². The SMILES string of the molecule is Cc1cccc(C(=O)Nc2cc(C(=O)N3CCN4CCNC(=O)C4C3)ccc2C)n1. The van der Waals surface area contributed by atoms with Gasteiger partial charge in [-0.2, -0.15) is 0 Å². The Morgan fingerprint density at radius 2 is 1.97 bits per heavy atom. The zero-order valence-electron chi connectivity index (χ0n) is 17.1. The van der Waals surface area contributed by atoms with E-state index in [-0.39, 0.29) is 23.8 Å². The van der Waals surface area contributed by atoms with Crippen molar-refractivity contribution >= 4 is 23.4 Å². The smallest absolute Gasteiger partial charge is 0.274 e. The van der Waals surface area contributed by atoms with Gasteiger partial charge in [0.05, 0.1) is 0 Å². The van der Waals surface area contributed by atoms with Gasteiger partial charge in [0.25, 0.3) is 11.8 Å². The lowest BCUT2D eigenvalue weighted by Crippen LogP contribution is -2.64. The van der Waals surface area contributed by atoms with Crippen LogP contribution in [-0.2, 0) is 4.79 Å². The van der Waals surface area contributed by atoms with Crippen LogP contribution in [0.2, 0.25) is 0 Å². The Morgan fingerprint density at radius 1 is 1.13 bits per heavy atom. The number of aryl methyl sites for hydroxylation is 2. The van der Waals surface area contributed by atoms with Crippen LogP contribution in [0.15, 0.2) is 36.4 Å². The van der Waals surface area contributed by atoms with Crippen molar-refractivity contribution in [3.63, 3.8) is 0 Å². The van der Waals surface area contributed by atoms with E-state index in [2.05, 4.69) is 20.5 Å². The van der Waals surface area contributed by atoms with Crippen LogP contribution >= 0.6 is 0 Å². The van der Waals surface area contributed by atoms with Crippen LogP contribution in [0.25, 0.3) is 0 Å². The molecule has 8 nitrogen and oxygen atoms in total. The molecule has 0 spiro atoms. The number of anilines is 1. The molecule has 1 aromatic carbocycles. The first kappa shape index (κ1) is 20.0. The highest BCUT2D eigenvalue weighted by molar-refractivity contribution is 6.04. The Kier molecular flexibility index (Phi) is 5.50. The van der Waals surface area contributed by atoms with E-state index in [1.165, 1.54) is 0 Å². The van der Waals surface area contributed by atoms with Gasteiger partial charge in [-0.1, -0.05) is 12.1 Å². The van der Waals surface area contributed by atoms with Gasteiger partial charge in [-0.15, -0.1) is 0 Å². The molecule has 0 radical (unpaired) electrons. The van der Waals surface area contributed by atoms with Gasteiger partial charge < -0.3 is 15.5 Å². The fourth-order valence-corrected chi connectivity index (χ4v) is 3.89. The van der Waals surface area contributed by atoms with Crippen LogP contribution < -0.4 is 10.6 Å². The zero-order valence-corrected chi connectivity index (χ0v) is 17.1. The molecule has 2 fully saturated rings. The molecule has 3 amide bonds. The molecular formula is C22H25N5O3. The summed E-state index contributed by atoms with van der Waals surface area (Å²) < 4.78 is 0. The number of amides is 3. The van der Waals surface area contributed by atoms with E-state index < -0.39 is 0 Å². The second-order valence-electron chi connectivity index (χ2n) is 7.74. The first-order valence-corrected chi connectivity index (χ1v) is 10.1. The number of aromatic nitrogens is 1. The number of hydrogen-bond donors (Lipinski definition) is 2. The van der Waals surface area contributed by atoms with Crippen molar-refractivity contribution in [3.8, 4) is 0 Å². The van der Waals surface area contributed by atoms with Crippen molar-refractivity contribution in [2.45, 2.75) is 19.9 Å². The van der Waals surface area contributed by atoms with Gasteiger partial charge in [0.1, 0.15) is 11.7 Å². The van der Waals surface area contributed by atoms with Gasteiger partial charge in [-0.05, 0) is 43.7 Å². The number of nitrogens with one attached hydrogen (secondary N) is 2. The molecule has 30 heavy (non-hydrogen) atoms. The summed E-state index contributed by atoms with van der Waals surface area (Å²) >= 11 is 0. The van der Waals surface area contributed by atoms with Crippen LogP contribution in [0.3, 0.4) is 0 Å². The monoisotopic (exact) mass is 407 g/mol. The first-order chi connectivity index (χ1) is 14.4. The Labute approximate surface area is 175 Å². The van der Waals surface area contributed by atoms with Crippen LogP contribution in [0.1, 0.15) is 32.1 Å². The summed E-state index contributed by atoms with van der Waals surface area (Å²) in [5.74, 6) is -0.489. The lowest BCUT2D eigenvalue weighted by Gasteiger charge is -2.43. The molecule has 2 aromatic rings. The molecule has 2 aliphatic heterocycles. The number of carbonyl (C=O) groups is 3. The minimum absolute atomic E-state index is 0.0266. The van der Waals surface area contributed by atoms with Gasteiger partial charge in [0.2, 0.25) is 5.91 Å². The quantitative estimate of drug-likeness (QED) is 0.798. The summed E-state index contributed by atoms with van der Waals surface area (Å²) in [6.07, 6.45) is 0. The fraction of sp³-hybridized carbons (Fsp3) is 0.364. The maximum Gasteiger partial charge on any atom is 0.274 e. The fourth-order valence-electron chi connectivity index (χ4n) is 3.89. The lowest BCUT2D eigenvalue weighted by atomic mass is 10.1. The van der Waals surface area contributed by atoms with Crippen LogP contribution in [-0.4, -0.2) is 71.3 Å². The third-order valence-electron chi connectivity index (χ3n) is 5.63. The van der Waals surface area contributed by atoms with Crippen LogP contribution in [0.4, 0.5) is 5.69 Å². The molecule has 3 heterocycles. The van der Waals surface area contributed by atoms with E-state index in [1.54, 1.807) is 29.2 Å². The average Bonchev–Trinajstić information content (AvgIpc) is 2.75. The van der Waals surface area contributed by atoms with Crippen molar-refractivity contribution in [2.75, 3.05) is 38.0 Å². The molecule has 4 rings (SSSR count). The first-order valence-electron chi connectivity index (χ1n) is 10.1. The van der Waals surface area contributed by atoms with Crippen LogP contribution in [0, 0.1) is 13.8 Å². The van der Waals surface area contributed by atoms with Crippen molar-refractivity contribution < 1.29 is 14.4 Å². The second kappa shape index (κ2) is 8.23. The molecule has 0 bridgehead atoms. The van der Waals surface area contributed by atoms with Gasteiger partial charge >= 0.3 is 0 Å². The van der Waals surface area contributed by atoms with Gasteiger partial charge in [0, 0.05) is 49.7 Å². The Hall–Kier alpha value is -3.26. The number of carbonyl (C=O) groups excluding carboxylic acids is 3.